The van der Waals surface area contributed by atoms with Crippen LogP contribution in [0.2, 0.25) is 0 Å². The van der Waals surface area contributed by atoms with Gasteiger partial charge in [0.05, 0.1) is 52.4 Å². The first kappa shape index (κ1) is 133. The molecule has 8 aromatic carbocycles. The number of nitrogens with one attached hydrogen (secondary N) is 3. The molecule has 0 fully saturated rings. The lowest BCUT2D eigenvalue weighted by Gasteiger charge is -2.23. The summed E-state index contributed by atoms with van der Waals surface area (Å²) < 4.78 is 15.2. The van der Waals surface area contributed by atoms with Crippen molar-refractivity contribution in [1.82, 2.24) is 15.1 Å². The van der Waals surface area contributed by atoms with E-state index in [1.165, 1.54) is 33.6 Å². The van der Waals surface area contributed by atoms with Crippen molar-refractivity contribution >= 4 is 159 Å². The lowest BCUT2D eigenvalue weighted by Crippen LogP contribution is -2.43. The summed E-state index contributed by atoms with van der Waals surface area (Å²) in [6.45, 7) is -0.824. The van der Waals surface area contributed by atoms with Crippen LogP contribution >= 0.6 is 0 Å². The Balaban J connectivity index is 0. The molecule has 8 aromatic rings. The zero-order chi connectivity index (χ0) is 113. The largest absolute Gasteiger partial charge is 0.481 e. The zero-order valence-corrected chi connectivity index (χ0v) is 80.8. The van der Waals surface area contributed by atoms with Crippen LogP contribution in [0.25, 0.3) is 0 Å². The third kappa shape index (κ3) is 71.8. The van der Waals surface area contributed by atoms with Crippen molar-refractivity contribution in [2.45, 2.75) is 45.2 Å². The number of methoxy groups -OCH3 is 1. The molecule has 0 aliphatic carbocycles. The molecule has 8 rings (SSSR count). The van der Waals surface area contributed by atoms with Crippen LogP contribution in [-0.4, -0.2) is 383 Å². The van der Waals surface area contributed by atoms with E-state index in [-0.39, 0.29) is 117 Å². The fourth-order valence-corrected chi connectivity index (χ4v) is 11.0. The van der Waals surface area contributed by atoms with Crippen LogP contribution < -0.4 is 40.4 Å². The van der Waals surface area contributed by atoms with Crippen LogP contribution in [0, 0.1) is 5.92 Å². The highest BCUT2D eigenvalue weighted by atomic mass is 16.6. The van der Waals surface area contributed by atoms with Gasteiger partial charge in [0, 0.05) is 67.1 Å². The number of anilines is 7. The number of carboxylic acid groups (broad SMARTS) is 17. The predicted molar refractivity (Wildman–Crippen MR) is 529 cm³/mol. The van der Waals surface area contributed by atoms with Crippen LogP contribution in [0.3, 0.4) is 0 Å². The number of esters is 2. The Bertz CT molecular complexity index is 5260. The summed E-state index contributed by atoms with van der Waals surface area (Å²) in [7, 11) is 3.27. The van der Waals surface area contributed by atoms with Crippen molar-refractivity contribution < 1.29 is 207 Å². The Morgan fingerprint density at radius 2 is 0.570 bits per heavy atom. The number of carbonyl (C=O) groups excluding carboxylic acids is 3. The molecule has 3 unspecified atom stereocenters. The summed E-state index contributed by atoms with van der Waals surface area (Å²) >= 11 is 0. The number of amides is 1. The molecule has 52 heteroatoms. The Labute approximate surface area is 850 Å². The number of rotatable bonds is 53. The second-order valence-electron chi connectivity index (χ2n) is 29.8. The number of aliphatic hydroxyl groups is 2. The van der Waals surface area contributed by atoms with Crippen molar-refractivity contribution in [3.63, 3.8) is 0 Å². The number of carbonyl (C=O) groups is 20. The van der Waals surface area contributed by atoms with Gasteiger partial charge in [0.1, 0.15) is 71.6 Å². The summed E-state index contributed by atoms with van der Waals surface area (Å²) in [4.78, 5) is 221. The molecule has 0 radical (unpaired) electrons. The number of ether oxygens (including phenoxy) is 3. The van der Waals surface area contributed by atoms with Gasteiger partial charge in [-0.3, -0.25) is 101 Å². The van der Waals surface area contributed by atoms with E-state index in [0.29, 0.717) is 35.0 Å². The molecule has 0 saturated carbocycles. The van der Waals surface area contributed by atoms with Crippen LogP contribution in [0.4, 0.5) is 39.8 Å². The fraction of sp³-hybridized carbons (Fsp3) is 0.299. The first-order chi connectivity index (χ1) is 70.3. The number of para-hydroxylation sites is 7. The molecule has 0 aliphatic rings. The van der Waals surface area contributed by atoms with Crippen molar-refractivity contribution in [3.05, 3.63) is 248 Å². The molecule has 0 saturated heterocycles. The maximum absolute atomic E-state index is 12.0. The number of benzene rings is 8. The third-order valence-corrected chi connectivity index (χ3v) is 17.4. The third-order valence-electron chi connectivity index (χ3n) is 17.4. The normalized spacial score (nSPS) is 10.4. The molecule has 810 valence electrons. The Morgan fingerprint density at radius 3 is 0.839 bits per heavy atom. The van der Waals surface area contributed by atoms with E-state index in [1.54, 1.807) is 134 Å². The van der Waals surface area contributed by atoms with Crippen molar-refractivity contribution in [3.8, 4) is 0 Å². The van der Waals surface area contributed by atoms with E-state index in [9.17, 15) is 95.9 Å². The number of aliphatic carboxylic acids is 17. The molecule has 3 atom stereocenters. The highest BCUT2D eigenvalue weighted by Gasteiger charge is 2.30. The second kappa shape index (κ2) is 78.3. The van der Waals surface area contributed by atoms with Gasteiger partial charge in [-0.2, -0.15) is 0 Å². The van der Waals surface area contributed by atoms with Gasteiger partial charge in [0.2, 0.25) is 5.91 Å². The standard InChI is InChI=1S/C17H17NO4.C16H16N2O3.C14H19NO5.C10H16N2O8.C10H11NO4.C9H11NO2.C8H9NO2.C5H8O4.C4H7NO4.C4H6O6/c19-16(20)11-18(15-9-5-2-6-10-15)12-17(21)22-13-14-7-3-1-4-8-14;19-15(17-13-7-3-1-4-8-13)11-18(12-16(20)21)14-9-5-2-6-10-14;1-11(10-19-2)20-14(18)9-15(8-13(16)17)12-6-4-3-5-7-12;13-7(14)3-11(4-8(15)16)1-2-12(5-9(17)18)6-10(19)20;12-9(13)6-11(7-10(14)15)8-4-2-1-3-5-8;1-10(7-9(11)12)8-5-3-2-4-6-8;10-8(11)6-9-7-4-2-1-3-5-7;1-2-3(4(6)7)5(8)9;6-3(7)1-5-2-4(8)9;5-1(3(7)8)2(6)4(9)10/h1-10H,11-13H2,(H,19,20);1-10H,11-12H2,(H,17,19)(H,20,21);3-7,11H,8-10H2,1-2H3,(H,16,17);1-6H2,(H,13,14)(H,15,16)(H,17,18)(H,19,20);1-5H,6-7H2,(H,12,13)(H,14,15);2-6H,7H2,1H3,(H,11,12);1-5,9H,6H2,(H,10,11);3H,2H2,1H3,(H,6,7)(H,8,9);5H,1-2H2,(H,6,7)(H,8,9);1-2,5-6H,(H,7,8)(H,9,10). The highest BCUT2D eigenvalue weighted by molar-refractivity contribution is 5.95. The van der Waals surface area contributed by atoms with E-state index in [2.05, 4.69) is 16.0 Å². The SMILES string of the molecule is CCC(C(=O)O)C(=O)O.CN(CC(=O)O)c1ccccc1.COCC(C)OC(=O)CN(CC(=O)O)c1ccccc1.O=C(O)C(O)C(O)C(=O)O.O=C(O)CN(CC(=O)Nc1ccccc1)c1ccccc1.O=C(O)CN(CC(=O)O)c1ccccc1.O=C(O)CN(CC(=O)OCc1ccccc1)c1ccccc1.O=C(O)CN(CCN(CC(=O)O)CC(=O)O)CC(=O)O.O=C(O)CNCC(=O)O.O=C(O)CNc1ccccc1. The van der Waals surface area contributed by atoms with Gasteiger partial charge in [-0.15, -0.1) is 0 Å². The van der Waals surface area contributed by atoms with Crippen molar-refractivity contribution in [2.24, 2.45) is 5.92 Å². The Hall–Kier alpha value is -18.3. The average molecular weight is 2100 g/mol. The topological polar surface area (TPSA) is 812 Å². The number of carboxylic acids is 17. The molecule has 22 N–H and O–H groups in total. The van der Waals surface area contributed by atoms with Gasteiger partial charge in [-0.05, 0) is 104 Å². The van der Waals surface area contributed by atoms with Crippen LogP contribution in [0.5, 0.6) is 0 Å². The van der Waals surface area contributed by atoms with Gasteiger partial charge in [-0.1, -0.05) is 165 Å². The Kier molecular flexibility index (Phi) is 69.7. The maximum atomic E-state index is 12.0. The number of nitrogens with zero attached hydrogens (tertiary/aromatic N) is 7. The smallest absolute Gasteiger partial charge is 0.335 e. The first-order valence-corrected chi connectivity index (χ1v) is 43.5. The van der Waals surface area contributed by atoms with E-state index in [1.807, 2.05) is 127 Å². The summed E-state index contributed by atoms with van der Waals surface area (Å²) in [6.07, 6.45) is -4.77. The molecule has 0 aromatic heterocycles. The molecular weight excluding hydrogens is 1980 g/mol. The van der Waals surface area contributed by atoms with Crippen LogP contribution in [0.15, 0.2) is 243 Å². The molecule has 52 nitrogen and oxygen atoms in total. The number of aliphatic hydroxyl groups excluding tert-OH is 2. The lowest BCUT2D eigenvalue weighted by atomic mass is 10.1. The molecule has 1 amide bonds. The average Bonchev–Trinajstić information content (AvgIpc) is 0.878. The highest BCUT2D eigenvalue weighted by Crippen LogP contribution is 2.19. The van der Waals surface area contributed by atoms with E-state index in [0.717, 1.165) is 26.7 Å². The molecule has 0 heterocycles. The minimum absolute atomic E-state index is 0.0226. The monoisotopic (exact) mass is 2100 g/mol. The molecule has 0 aliphatic heterocycles. The molecular formula is C97H120N10O42. The molecule has 149 heavy (non-hydrogen) atoms. The van der Waals surface area contributed by atoms with Crippen molar-refractivity contribution in [2.75, 3.05) is 174 Å². The minimum atomic E-state index is -2.27. The van der Waals surface area contributed by atoms with Crippen molar-refractivity contribution in [1.29, 1.82) is 0 Å². The quantitative estimate of drug-likeness (QED) is 0.0192. The van der Waals surface area contributed by atoms with Gasteiger partial charge < -0.3 is 146 Å². The molecule has 0 bridgehead atoms. The lowest BCUT2D eigenvalue weighted by molar-refractivity contribution is -0.165. The number of hydrogen-bond donors (Lipinski definition) is 22. The summed E-state index contributed by atoms with van der Waals surface area (Å²) in [6, 6.07) is 72.4. The molecule has 0 spiro atoms. The second-order valence-corrected chi connectivity index (χ2v) is 29.8. The predicted octanol–water partition coefficient (Wildman–Crippen LogP) is 3.48. The summed E-state index contributed by atoms with van der Waals surface area (Å²) in [5, 5.41) is 168. The van der Waals surface area contributed by atoms with E-state index < -0.39 is 158 Å². The Morgan fingerprint density at radius 1 is 0.302 bits per heavy atom. The van der Waals surface area contributed by atoms with Gasteiger partial charge in [0.25, 0.3) is 0 Å². The summed E-state index contributed by atoms with van der Waals surface area (Å²) in [5.74, 6) is -22.3. The van der Waals surface area contributed by atoms with E-state index in [4.69, 9.17) is 111 Å². The first-order valence-electron chi connectivity index (χ1n) is 43.5. The fourth-order valence-electron chi connectivity index (χ4n) is 11.0. The van der Waals surface area contributed by atoms with Crippen LogP contribution in [-0.2, 0) is 117 Å². The zero-order valence-electron chi connectivity index (χ0n) is 80.8. The van der Waals surface area contributed by atoms with Gasteiger partial charge in [0.15, 0.2) is 18.1 Å². The number of likely N-dealkylation sites (N-methyl/N-ethyl adjacent to an activating group) is 1. The van der Waals surface area contributed by atoms with Crippen LogP contribution in [0.1, 0.15) is 25.8 Å². The minimum Gasteiger partial charge on any atom is -0.481 e. The van der Waals surface area contributed by atoms with E-state index >= 15 is 0 Å². The van der Waals surface area contributed by atoms with Gasteiger partial charge >= 0.3 is 113 Å². The summed E-state index contributed by atoms with van der Waals surface area (Å²) in [5.41, 5.74) is 5.93. The van der Waals surface area contributed by atoms with Gasteiger partial charge in [-0.25, -0.2) is 9.59 Å². The maximum Gasteiger partial charge on any atom is 0.335 e. The number of hydrogen-bond acceptors (Lipinski definition) is 34.